The lowest BCUT2D eigenvalue weighted by atomic mass is 9.94. The molecule has 1 aromatic rings. The van der Waals surface area contributed by atoms with Crippen molar-refractivity contribution in [3.05, 3.63) is 22.2 Å². The van der Waals surface area contributed by atoms with Gasteiger partial charge in [0.2, 0.25) is 11.8 Å². The Labute approximate surface area is 127 Å². The lowest BCUT2D eigenvalue weighted by Crippen LogP contribution is -2.42. The van der Waals surface area contributed by atoms with Crippen molar-refractivity contribution in [2.24, 2.45) is 5.41 Å². The van der Waals surface area contributed by atoms with Gasteiger partial charge in [-0.2, -0.15) is 0 Å². The van der Waals surface area contributed by atoms with Gasteiger partial charge in [-0.1, -0.05) is 36.7 Å². The smallest absolute Gasteiger partial charge is 0.239 e. The zero-order valence-corrected chi connectivity index (χ0v) is 13.8. The van der Waals surface area contributed by atoms with Gasteiger partial charge in [0.25, 0.3) is 0 Å². The summed E-state index contributed by atoms with van der Waals surface area (Å²) in [5, 5.41) is 3.27. The van der Waals surface area contributed by atoms with E-state index in [0.29, 0.717) is 5.69 Å². The van der Waals surface area contributed by atoms with Crippen LogP contribution >= 0.6 is 15.9 Å². The normalized spacial score (nSPS) is 13.7. The van der Waals surface area contributed by atoms with Crippen molar-refractivity contribution in [3.63, 3.8) is 0 Å². The first-order valence-electron chi connectivity index (χ1n) is 6.63. The number of amides is 2. The zero-order valence-electron chi connectivity index (χ0n) is 12.2. The Kier molecular flexibility index (Phi) is 3.91. The van der Waals surface area contributed by atoms with Crippen molar-refractivity contribution in [2.45, 2.75) is 34.1 Å². The molecule has 0 aliphatic carbocycles. The van der Waals surface area contributed by atoms with Crippen LogP contribution in [0, 0.1) is 5.41 Å². The van der Waals surface area contributed by atoms with E-state index in [1.165, 1.54) is 11.8 Å². The van der Waals surface area contributed by atoms with Gasteiger partial charge in [0.1, 0.15) is 0 Å². The second-order valence-electron chi connectivity index (χ2n) is 6.05. The van der Waals surface area contributed by atoms with Gasteiger partial charge in [-0.05, 0) is 24.1 Å². The minimum absolute atomic E-state index is 0.195. The number of fused-ring (bicyclic) bond motifs is 1. The molecule has 0 aromatic heterocycles. The third-order valence-corrected chi connectivity index (χ3v) is 3.72. The molecule has 0 saturated heterocycles. The van der Waals surface area contributed by atoms with E-state index in [1.54, 1.807) is 0 Å². The van der Waals surface area contributed by atoms with E-state index in [9.17, 15) is 9.59 Å². The largest absolute Gasteiger partial charge is 0.383 e. The molecular weight excluding hydrogens is 320 g/mol. The van der Waals surface area contributed by atoms with Gasteiger partial charge in [-0.15, -0.1) is 0 Å². The number of carbonyl (C=O) groups excluding carboxylic acids is 2. The summed E-state index contributed by atoms with van der Waals surface area (Å²) >= 11 is 3.46. The van der Waals surface area contributed by atoms with Crippen LogP contribution < -0.4 is 10.2 Å². The second-order valence-corrected chi connectivity index (χ2v) is 6.96. The third kappa shape index (κ3) is 2.73. The Morgan fingerprint density at radius 1 is 1.30 bits per heavy atom. The molecule has 4 nitrogen and oxygen atoms in total. The number of hydrogen-bond acceptors (Lipinski definition) is 3. The van der Waals surface area contributed by atoms with Crippen molar-refractivity contribution >= 4 is 39.1 Å². The van der Waals surface area contributed by atoms with E-state index in [1.807, 2.05) is 32.9 Å². The highest BCUT2D eigenvalue weighted by atomic mass is 79.9. The first-order valence-corrected chi connectivity index (χ1v) is 7.42. The van der Waals surface area contributed by atoms with Gasteiger partial charge < -0.3 is 5.32 Å². The maximum Gasteiger partial charge on any atom is 0.239 e. The van der Waals surface area contributed by atoms with E-state index in [0.717, 1.165) is 28.7 Å². The van der Waals surface area contributed by atoms with Crippen molar-refractivity contribution in [1.29, 1.82) is 0 Å². The Morgan fingerprint density at radius 2 is 1.95 bits per heavy atom. The Balaban J connectivity index is 2.57. The van der Waals surface area contributed by atoms with Gasteiger partial charge in [0.15, 0.2) is 0 Å². The number of nitrogens with zero attached hydrogens (tertiary/aromatic N) is 1. The predicted molar refractivity (Wildman–Crippen MR) is 84.0 cm³/mol. The molecule has 2 rings (SSSR count). The topological polar surface area (TPSA) is 49.4 Å². The first-order chi connectivity index (χ1) is 9.21. The molecule has 1 aliphatic heterocycles. The van der Waals surface area contributed by atoms with Crippen LogP contribution in [0.4, 0.5) is 11.4 Å². The highest BCUT2D eigenvalue weighted by Crippen LogP contribution is 2.38. The number of nitrogens with one attached hydrogen (secondary N) is 1. The molecule has 2 amide bonds. The highest BCUT2D eigenvalue weighted by molar-refractivity contribution is 9.10. The molecule has 0 fully saturated rings. The maximum atomic E-state index is 12.6. The molecule has 0 atom stereocenters. The van der Waals surface area contributed by atoms with Crippen molar-refractivity contribution in [1.82, 2.24) is 0 Å². The predicted octanol–water partition coefficient (Wildman–Crippen LogP) is 3.34. The summed E-state index contributed by atoms with van der Waals surface area (Å²) in [7, 11) is 0. The van der Waals surface area contributed by atoms with Crippen LogP contribution in [-0.4, -0.2) is 18.4 Å². The SMILES string of the molecule is CC(=O)N(C(=O)C(C)(C)C)c1cc(Br)cc2c1NCC2. The zero-order chi connectivity index (χ0) is 15.1. The minimum atomic E-state index is -0.612. The molecule has 1 N–H and O–H groups in total. The highest BCUT2D eigenvalue weighted by Gasteiger charge is 2.33. The lowest BCUT2D eigenvalue weighted by molar-refractivity contribution is -0.130. The minimum Gasteiger partial charge on any atom is -0.383 e. The van der Waals surface area contributed by atoms with Crippen LogP contribution in [0.25, 0.3) is 0 Å². The van der Waals surface area contributed by atoms with Gasteiger partial charge in [0.05, 0.1) is 11.4 Å². The van der Waals surface area contributed by atoms with Crippen LogP contribution in [0.3, 0.4) is 0 Å². The van der Waals surface area contributed by atoms with E-state index in [2.05, 4.69) is 21.2 Å². The number of rotatable bonds is 1. The molecule has 108 valence electrons. The molecule has 20 heavy (non-hydrogen) atoms. The van der Waals surface area contributed by atoms with Crippen LogP contribution in [0.2, 0.25) is 0 Å². The number of anilines is 2. The van der Waals surface area contributed by atoms with Crippen LogP contribution in [-0.2, 0) is 16.0 Å². The van der Waals surface area contributed by atoms with Gasteiger partial charge in [-0.3, -0.25) is 9.59 Å². The summed E-state index contributed by atoms with van der Waals surface area (Å²) in [6.07, 6.45) is 0.900. The maximum absolute atomic E-state index is 12.6. The lowest BCUT2D eigenvalue weighted by Gasteiger charge is -2.28. The third-order valence-electron chi connectivity index (χ3n) is 3.26. The fourth-order valence-electron chi connectivity index (χ4n) is 2.30. The number of imide groups is 1. The van der Waals surface area contributed by atoms with Crippen molar-refractivity contribution in [3.8, 4) is 0 Å². The summed E-state index contributed by atoms with van der Waals surface area (Å²) < 4.78 is 0.878. The molecule has 0 radical (unpaired) electrons. The van der Waals surface area contributed by atoms with E-state index in [-0.39, 0.29) is 11.8 Å². The van der Waals surface area contributed by atoms with E-state index < -0.39 is 5.41 Å². The van der Waals surface area contributed by atoms with Crippen molar-refractivity contribution in [2.75, 3.05) is 16.8 Å². The van der Waals surface area contributed by atoms with Crippen LogP contribution in [0.15, 0.2) is 16.6 Å². The number of benzene rings is 1. The number of carbonyl (C=O) groups is 2. The fourth-order valence-corrected chi connectivity index (χ4v) is 2.80. The Hall–Kier alpha value is -1.36. The van der Waals surface area contributed by atoms with Gasteiger partial charge in [0, 0.05) is 23.4 Å². The summed E-state index contributed by atoms with van der Waals surface area (Å²) in [4.78, 5) is 25.9. The van der Waals surface area contributed by atoms with E-state index in [4.69, 9.17) is 0 Å². The molecule has 0 spiro atoms. The molecule has 1 aliphatic rings. The van der Waals surface area contributed by atoms with Gasteiger partial charge >= 0.3 is 0 Å². The monoisotopic (exact) mass is 338 g/mol. The molecule has 0 saturated carbocycles. The Bertz CT molecular complexity index is 576. The van der Waals surface area contributed by atoms with E-state index >= 15 is 0 Å². The summed E-state index contributed by atoms with van der Waals surface area (Å²) in [5.41, 5.74) is 2.04. The second kappa shape index (κ2) is 5.20. The van der Waals surface area contributed by atoms with Crippen molar-refractivity contribution < 1.29 is 9.59 Å². The molecular formula is C15H19BrN2O2. The molecule has 0 bridgehead atoms. The summed E-state index contributed by atoms with van der Waals surface area (Å²) in [6, 6.07) is 3.85. The molecule has 1 aromatic carbocycles. The average Bonchev–Trinajstić information content (AvgIpc) is 2.74. The fraction of sp³-hybridized carbons (Fsp3) is 0.467. The molecule has 1 heterocycles. The molecule has 0 unspecified atom stereocenters. The first kappa shape index (κ1) is 15.0. The summed E-state index contributed by atoms with van der Waals surface area (Å²) in [6.45, 7) is 7.70. The quantitative estimate of drug-likeness (QED) is 0.854. The van der Waals surface area contributed by atoms with Crippen LogP contribution in [0.5, 0.6) is 0 Å². The number of halogens is 1. The number of hydrogen-bond donors (Lipinski definition) is 1. The van der Waals surface area contributed by atoms with Gasteiger partial charge in [-0.25, -0.2) is 4.90 Å². The Morgan fingerprint density at radius 3 is 2.50 bits per heavy atom. The average molecular weight is 339 g/mol. The standard InChI is InChI=1S/C15H19BrN2O2/c1-9(19)18(14(20)15(2,3)4)12-8-11(16)7-10-5-6-17-13(10)12/h7-8,17H,5-6H2,1-4H3. The summed E-state index contributed by atoms with van der Waals surface area (Å²) in [5.74, 6) is -0.460. The van der Waals surface area contributed by atoms with Crippen LogP contribution in [0.1, 0.15) is 33.3 Å². The molecule has 5 heteroatoms.